The Kier molecular flexibility index (Phi) is 4.40. The van der Waals surface area contributed by atoms with Gasteiger partial charge in [0.2, 0.25) is 0 Å². The highest BCUT2D eigenvalue weighted by atomic mass is 32.2. The molecule has 0 fully saturated rings. The molecule has 1 rings (SSSR count). The maximum atomic E-state index is 11.1. The quantitative estimate of drug-likeness (QED) is 0.803. The number of amides is 1. The Bertz CT molecular complexity index is 261. The van der Waals surface area contributed by atoms with Gasteiger partial charge in [0.05, 0.1) is 0 Å². The van der Waals surface area contributed by atoms with E-state index in [1.165, 1.54) is 11.8 Å². The summed E-state index contributed by atoms with van der Waals surface area (Å²) >= 11 is 1.30. The summed E-state index contributed by atoms with van der Waals surface area (Å²) in [6.07, 6.45) is 0. The molecule has 1 N–H and O–H groups in total. The van der Waals surface area contributed by atoms with Crippen molar-refractivity contribution in [2.75, 3.05) is 5.75 Å². The van der Waals surface area contributed by atoms with E-state index >= 15 is 0 Å². The number of benzene rings is 1. The van der Waals surface area contributed by atoms with Gasteiger partial charge >= 0.3 is 0 Å². The molecule has 70 valence electrons. The van der Waals surface area contributed by atoms with Gasteiger partial charge in [0.1, 0.15) is 0 Å². The van der Waals surface area contributed by atoms with Gasteiger partial charge < -0.3 is 5.32 Å². The summed E-state index contributed by atoms with van der Waals surface area (Å²) in [4.78, 5) is 11.1. The van der Waals surface area contributed by atoms with Crippen LogP contribution < -0.4 is 5.32 Å². The third kappa shape index (κ3) is 3.99. The Morgan fingerprint density at radius 2 is 2.08 bits per heavy atom. The monoisotopic (exact) mass is 195 g/mol. The van der Waals surface area contributed by atoms with E-state index in [4.69, 9.17) is 0 Å². The van der Waals surface area contributed by atoms with Gasteiger partial charge in [-0.15, -0.1) is 0 Å². The van der Waals surface area contributed by atoms with Crippen molar-refractivity contribution in [3.63, 3.8) is 0 Å². The van der Waals surface area contributed by atoms with E-state index in [0.29, 0.717) is 6.54 Å². The largest absolute Gasteiger partial charge is 0.343 e. The molecule has 1 aromatic rings. The van der Waals surface area contributed by atoms with E-state index in [-0.39, 0.29) is 5.24 Å². The number of carbonyl (C=O) groups is 1. The number of hydrogen-bond donors (Lipinski definition) is 1. The highest BCUT2D eigenvalue weighted by Crippen LogP contribution is 2.02. The first-order valence-electron chi connectivity index (χ1n) is 4.27. The molecule has 0 aromatic heterocycles. The molecule has 0 heterocycles. The lowest BCUT2D eigenvalue weighted by Gasteiger charge is -2.02. The van der Waals surface area contributed by atoms with Crippen LogP contribution in [0.4, 0.5) is 4.79 Å². The summed E-state index contributed by atoms with van der Waals surface area (Å²) in [5.41, 5.74) is 1.13. The van der Waals surface area contributed by atoms with Crippen LogP contribution in [-0.4, -0.2) is 11.0 Å². The molecule has 3 heteroatoms. The molecule has 0 aliphatic rings. The van der Waals surface area contributed by atoms with Crippen molar-refractivity contribution in [3.05, 3.63) is 35.9 Å². The molecule has 0 spiro atoms. The molecule has 0 aliphatic heterocycles. The first kappa shape index (κ1) is 10.1. The Morgan fingerprint density at radius 3 is 2.69 bits per heavy atom. The van der Waals surface area contributed by atoms with E-state index in [1.54, 1.807) is 0 Å². The zero-order chi connectivity index (χ0) is 9.52. The lowest BCUT2D eigenvalue weighted by molar-refractivity contribution is 0.260. The molecule has 0 atom stereocenters. The standard InChI is InChI=1S/C10H13NOS/c1-2-13-10(12)11-8-9-6-4-3-5-7-9/h3-7H,2,8H2,1H3,(H,11,12). The Morgan fingerprint density at radius 1 is 1.38 bits per heavy atom. The SMILES string of the molecule is CCSC(=O)NCc1ccccc1. The van der Waals surface area contributed by atoms with Gasteiger partial charge in [-0.3, -0.25) is 4.79 Å². The van der Waals surface area contributed by atoms with Crippen molar-refractivity contribution in [2.45, 2.75) is 13.5 Å². The zero-order valence-electron chi connectivity index (χ0n) is 7.62. The zero-order valence-corrected chi connectivity index (χ0v) is 8.43. The molecule has 0 saturated carbocycles. The second kappa shape index (κ2) is 5.65. The van der Waals surface area contributed by atoms with E-state index in [1.807, 2.05) is 37.3 Å². The predicted molar refractivity (Wildman–Crippen MR) is 56.8 cm³/mol. The summed E-state index contributed by atoms with van der Waals surface area (Å²) in [5.74, 6) is 0.820. The lowest BCUT2D eigenvalue weighted by Crippen LogP contribution is -2.17. The van der Waals surface area contributed by atoms with Crippen LogP contribution in [0.25, 0.3) is 0 Å². The van der Waals surface area contributed by atoms with E-state index in [2.05, 4.69) is 5.32 Å². The minimum atomic E-state index is 0.0475. The fourth-order valence-corrected chi connectivity index (χ4v) is 1.39. The summed E-state index contributed by atoms with van der Waals surface area (Å²) < 4.78 is 0. The highest BCUT2D eigenvalue weighted by molar-refractivity contribution is 8.13. The van der Waals surface area contributed by atoms with Crippen molar-refractivity contribution in [1.82, 2.24) is 5.32 Å². The molecule has 1 aromatic carbocycles. The Labute approximate surface area is 82.7 Å². The average Bonchev–Trinajstić information content (AvgIpc) is 2.17. The third-order valence-electron chi connectivity index (χ3n) is 1.56. The molecule has 0 saturated heterocycles. The fourth-order valence-electron chi connectivity index (χ4n) is 0.952. The molecule has 1 amide bonds. The topological polar surface area (TPSA) is 29.1 Å². The van der Waals surface area contributed by atoms with Crippen molar-refractivity contribution < 1.29 is 4.79 Å². The minimum Gasteiger partial charge on any atom is -0.343 e. The van der Waals surface area contributed by atoms with Gasteiger partial charge in [0.25, 0.3) is 5.24 Å². The van der Waals surface area contributed by atoms with Gasteiger partial charge in [-0.1, -0.05) is 49.0 Å². The van der Waals surface area contributed by atoms with Crippen LogP contribution in [0.1, 0.15) is 12.5 Å². The van der Waals surface area contributed by atoms with Crippen molar-refractivity contribution in [2.24, 2.45) is 0 Å². The van der Waals surface area contributed by atoms with Gasteiger partial charge in [0.15, 0.2) is 0 Å². The minimum absolute atomic E-state index is 0.0475. The normalized spacial score (nSPS) is 9.62. The van der Waals surface area contributed by atoms with Crippen LogP contribution >= 0.6 is 11.8 Å². The molecule has 2 nitrogen and oxygen atoms in total. The summed E-state index contributed by atoms with van der Waals surface area (Å²) in [6.45, 7) is 2.58. The highest BCUT2D eigenvalue weighted by Gasteiger charge is 1.98. The van der Waals surface area contributed by atoms with Crippen molar-refractivity contribution >= 4 is 17.0 Å². The average molecular weight is 195 g/mol. The number of thioether (sulfide) groups is 1. The second-order valence-corrected chi connectivity index (χ2v) is 3.80. The van der Waals surface area contributed by atoms with Crippen LogP contribution in [0.5, 0.6) is 0 Å². The lowest BCUT2D eigenvalue weighted by atomic mass is 10.2. The number of rotatable bonds is 3. The van der Waals surface area contributed by atoms with Crippen LogP contribution in [0.2, 0.25) is 0 Å². The molecular weight excluding hydrogens is 182 g/mol. The molecular formula is C10H13NOS. The summed E-state index contributed by atoms with van der Waals surface area (Å²) in [7, 11) is 0. The second-order valence-electron chi connectivity index (χ2n) is 2.56. The van der Waals surface area contributed by atoms with Crippen LogP contribution in [0.3, 0.4) is 0 Å². The van der Waals surface area contributed by atoms with Crippen molar-refractivity contribution in [3.8, 4) is 0 Å². The maximum Gasteiger partial charge on any atom is 0.279 e. The summed E-state index contributed by atoms with van der Waals surface area (Å²) in [5, 5.41) is 2.87. The number of carbonyl (C=O) groups excluding carboxylic acids is 1. The molecule has 13 heavy (non-hydrogen) atoms. The molecule has 0 radical (unpaired) electrons. The number of hydrogen-bond acceptors (Lipinski definition) is 2. The van der Waals surface area contributed by atoms with Crippen molar-refractivity contribution in [1.29, 1.82) is 0 Å². The first-order valence-corrected chi connectivity index (χ1v) is 5.26. The fraction of sp³-hybridized carbons (Fsp3) is 0.300. The first-order chi connectivity index (χ1) is 6.33. The van der Waals surface area contributed by atoms with Crippen LogP contribution in [0, 0.1) is 0 Å². The smallest absolute Gasteiger partial charge is 0.279 e. The van der Waals surface area contributed by atoms with Gasteiger partial charge in [-0.05, 0) is 11.3 Å². The maximum absolute atomic E-state index is 11.1. The van der Waals surface area contributed by atoms with E-state index in [9.17, 15) is 4.79 Å². The van der Waals surface area contributed by atoms with E-state index < -0.39 is 0 Å². The summed E-state index contributed by atoms with van der Waals surface area (Å²) in [6, 6.07) is 9.89. The Balaban J connectivity index is 2.31. The van der Waals surface area contributed by atoms with E-state index in [0.717, 1.165) is 11.3 Å². The Hall–Kier alpha value is -0.960. The molecule has 0 bridgehead atoms. The molecule has 0 unspecified atom stereocenters. The van der Waals surface area contributed by atoms with Gasteiger partial charge in [-0.2, -0.15) is 0 Å². The van der Waals surface area contributed by atoms with Crippen LogP contribution in [-0.2, 0) is 6.54 Å². The predicted octanol–water partition coefficient (Wildman–Crippen LogP) is 2.65. The number of nitrogens with one attached hydrogen (secondary N) is 1. The third-order valence-corrected chi connectivity index (χ3v) is 2.25. The van der Waals surface area contributed by atoms with Crippen LogP contribution in [0.15, 0.2) is 30.3 Å². The van der Waals surface area contributed by atoms with Gasteiger partial charge in [-0.25, -0.2) is 0 Å². The molecule has 0 aliphatic carbocycles. The van der Waals surface area contributed by atoms with Gasteiger partial charge in [0, 0.05) is 6.54 Å².